The van der Waals surface area contributed by atoms with Crippen LogP contribution < -0.4 is 15.5 Å². The van der Waals surface area contributed by atoms with Gasteiger partial charge in [0.2, 0.25) is 0 Å². The third-order valence-corrected chi connectivity index (χ3v) is 4.23. The van der Waals surface area contributed by atoms with Gasteiger partial charge in [0, 0.05) is 38.9 Å². The Morgan fingerprint density at radius 1 is 1.32 bits per heavy atom. The van der Waals surface area contributed by atoms with E-state index in [0.29, 0.717) is 16.8 Å². The number of carbonyl (C=O) groups is 1. The third kappa shape index (κ3) is 4.81. The highest BCUT2D eigenvalue weighted by atomic mass is 35.5. The maximum Gasteiger partial charge on any atom is 0.254 e. The maximum absolute atomic E-state index is 14.3. The van der Waals surface area contributed by atoms with Crippen molar-refractivity contribution in [2.24, 2.45) is 0 Å². The number of aromatic nitrogens is 1. The molecule has 0 spiro atoms. The van der Waals surface area contributed by atoms with Gasteiger partial charge in [0.25, 0.3) is 5.91 Å². The fourth-order valence-electron chi connectivity index (χ4n) is 2.66. The summed E-state index contributed by atoms with van der Waals surface area (Å²) in [6.45, 7) is 3.49. The molecule has 2 aromatic rings. The van der Waals surface area contributed by atoms with E-state index in [9.17, 15) is 9.18 Å². The van der Waals surface area contributed by atoms with E-state index in [0.717, 1.165) is 26.2 Å². The first kappa shape index (κ1) is 19.4. The molecule has 2 heterocycles. The highest BCUT2D eigenvalue weighted by Gasteiger charge is 2.15. The summed E-state index contributed by atoms with van der Waals surface area (Å²) in [5.41, 5.74) is 1.60. The number of halogens is 3. The van der Waals surface area contributed by atoms with Gasteiger partial charge < -0.3 is 15.5 Å². The Bertz CT molecular complexity index is 738. The van der Waals surface area contributed by atoms with Gasteiger partial charge in [-0.3, -0.25) is 4.79 Å². The fraction of sp³-hybridized carbons (Fsp3) is 0.294. The summed E-state index contributed by atoms with van der Waals surface area (Å²) in [6.07, 6.45) is 1.52. The quantitative estimate of drug-likeness (QED) is 0.795. The molecule has 134 valence electrons. The first-order chi connectivity index (χ1) is 11.6. The minimum absolute atomic E-state index is 0. The number of piperazine rings is 1. The lowest BCUT2D eigenvalue weighted by atomic mass is 10.1. The van der Waals surface area contributed by atoms with Crippen molar-refractivity contribution in [1.29, 1.82) is 0 Å². The van der Waals surface area contributed by atoms with Crippen LogP contribution in [0.15, 0.2) is 36.5 Å². The summed E-state index contributed by atoms with van der Waals surface area (Å²) in [6, 6.07) is 8.29. The molecule has 1 aliphatic rings. The van der Waals surface area contributed by atoms with E-state index in [1.54, 1.807) is 18.2 Å². The molecule has 0 bridgehead atoms. The van der Waals surface area contributed by atoms with E-state index in [-0.39, 0.29) is 35.8 Å². The number of anilines is 1. The number of benzene rings is 1. The van der Waals surface area contributed by atoms with Crippen LogP contribution in [0.3, 0.4) is 0 Å². The number of hydrogen-bond donors (Lipinski definition) is 2. The number of rotatable bonds is 4. The van der Waals surface area contributed by atoms with Gasteiger partial charge in [-0.15, -0.1) is 12.4 Å². The molecule has 0 aliphatic carbocycles. The van der Waals surface area contributed by atoms with E-state index in [2.05, 4.69) is 15.6 Å². The van der Waals surface area contributed by atoms with Gasteiger partial charge in [-0.2, -0.15) is 0 Å². The lowest BCUT2D eigenvalue weighted by Gasteiger charge is -2.29. The van der Waals surface area contributed by atoms with Crippen molar-refractivity contribution >= 4 is 35.6 Å². The molecule has 1 fully saturated rings. The SMILES string of the molecule is Cl.O=C(NCc1ccc(N2CCNCC2)c(F)c1)c1cccnc1Cl. The minimum Gasteiger partial charge on any atom is -0.367 e. The number of amides is 1. The number of pyridine rings is 1. The molecule has 0 atom stereocenters. The number of nitrogens with zero attached hydrogens (tertiary/aromatic N) is 2. The van der Waals surface area contributed by atoms with E-state index in [4.69, 9.17) is 11.6 Å². The minimum atomic E-state index is -0.334. The Morgan fingerprint density at radius 3 is 2.76 bits per heavy atom. The Kier molecular flexibility index (Phi) is 6.99. The van der Waals surface area contributed by atoms with Crippen molar-refractivity contribution in [3.8, 4) is 0 Å². The second-order valence-corrected chi connectivity index (χ2v) is 5.91. The molecule has 0 saturated carbocycles. The lowest BCUT2D eigenvalue weighted by molar-refractivity contribution is 0.0950. The van der Waals surface area contributed by atoms with Gasteiger partial charge in [-0.1, -0.05) is 17.7 Å². The molecule has 0 radical (unpaired) electrons. The van der Waals surface area contributed by atoms with Crippen molar-refractivity contribution in [2.75, 3.05) is 31.1 Å². The van der Waals surface area contributed by atoms with Crippen LogP contribution in [0, 0.1) is 5.82 Å². The molecule has 5 nitrogen and oxygen atoms in total. The van der Waals surface area contributed by atoms with E-state index >= 15 is 0 Å². The monoisotopic (exact) mass is 384 g/mol. The van der Waals surface area contributed by atoms with Crippen LogP contribution in [0.25, 0.3) is 0 Å². The largest absolute Gasteiger partial charge is 0.367 e. The summed E-state index contributed by atoms with van der Waals surface area (Å²) < 4.78 is 14.3. The molecule has 3 rings (SSSR count). The van der Waals surface area contributed by atoms with Crippen LogP contribution in [0.5, 0.6) is 0 Å². The Hall–Kier alpha value is -1.89. The Balaban J connectivity index is 0.00000225. The summed E-state index contributed by atoms with van der Waals surface area (Å²) in [5, 5.41) is 6.12. The van der Waals surface area contributed by atoms with Crippen LogP contribution in [-0.4, -0.2) is 37.1 Å². The number of hydrogen-bond acceptors (Lipinski definition) is 4. The molecule has 1 aliphatic heterocycles. The zero-order chi connectivity index (χ0) is 16.9. The Morgan fingerprint density at radius 2 is 2.08 bits per heavy atom. The van der Waals surface area contributed by atoms with Crippen molar-refractivity contribution < 1.29 is 9.18 Å². The average Bonchev–Trinajstić information content (AvgIpc) is 2.61. The molecular weight excluding hydrogens is 366 g/mol. The average molecular weight is 385 g/mol. The Labute approximate surface area is 157 Å². The highest BCUT2D eigenvalue weighted by Crippen LogP contribution is 2.21. The van der Waals surface area contributed by atoms with Crippen LogP contribution in [0.1, 0.15) is 15.9 Å². The van der Waals surface area contributed by atoms with Crippen molar-refractivity contribution in [1.82, 2.24) is 15.6 Å². The molecule has 1 amide bonds. The second-order valence-electron chi connectivity index (χ2n) is 5.55. The van der Waals surface area contributed by atoms with Gasteiger partial charge in [0.15, 0.2) is 0 Å². The number of nitrogens with one attached hydrogen (secondary N) is 2. The zero-order valence-electron chi connectivity index (χ0n) is 13.5. The standard InChI is InChI=1S/C17H18ClFN4O.ClH/c18-16-13(2-1-5-21-16)17(24)22-11-12-3-4-15(14(19)10-12)23-8-6-20-7-9-23;/h1-5,10,20H,6-9,11H2,(H,22,24);1H. The normalized spacial score (nSPS) is 13.9. The van der Waals surface area contributed by atoms with Crippen molar-refractivity contribution in [2.45, 2.75) is 6.54 Å². The van der Waals surface area contributed by atoms with Gasteiger partial charge in [0.1, 0.15) is 11.0 Å². The predicted octanol–water partition coefficient (Wildman–Crippen LogP) is 2.64. The van der Waals surface area contributed by atoms with Crippen LogP contribution in [-0.2, 0) is 6.54 Å². The summed E-state index contributed by atoms with van der Waals surface area (Å²) in [4.78, 5) is 18.0. The topological polar surface area (TPSA) is 57.3 Å². The van der Waals surface area contributed by atoms with Gasteiger partial charge >= 0.3 is 0 Å². The van der Waals surface area contributed by atoms with Crippen LogP contribution in [0.2, 0.25) is 5.15 Å². The fourth-order valence-corrected chi connectivity index (χ4v) is 2.86. The lowest BCUT2D eigenvalue weighted by Crippen LogP contribution is -2.43. The number of carbonyl (C=O) groups excluding carboxylic acids is 1. The van der Waals surface area contributed by atoms with E-state index < -0.39 is 0 Å². The molecule has 2 N–H and O–H groups in total. The van der Waals surface area contributed by atoms with Crippen molar-refractivity contribution in [3.63, 3.8) is 0 Å². The van der Waals surface area contributed by atoms with Crippen molar-refractivity contribution in [3.05, 3.63) is 58.6 Å². The molecule has 1 saturated heterocycles. The zero-order valence-corrected chi connectivity index (χ0v) is 15.0. The smallest absolute Gasteiger partial charge is 0.254 e. The van der Waals surface area contributed by atoms with Gasteiger partial charge in [0.05, 0.1) is 11.3 Å². The first-order valence-electron chi connectivity index (χ1n) is 7.78. The van der Waals surface area contributed by atoms with Crippen LogP contribution in [0.4, 0.5) is 10.1 Å². The van der Waals surface area contributed by atoms with Crippen LogP contribution >= 0.6 is 24.0 Å². The van der Waals surface area contributed by atoms with Gasteiger partial charge in [-0.25, -0.2) is 9.37 Å². The van der Waals surface area contributed by atoms with E-state index in [1.165, 1.54) is 12.3 Å². The predicted molar refractivity (Wildman–Crippen MR) is 99.1 cm³/mol. The third-order valence-electron chi connectivity index (χ3n) is 3.93. The van der Waals surface area contributed by atoms with Gasteiger partial charge in [-0.05, 0) is 29.8 Å². The molecular formula is C17H19Cl2FN4O. The molecule has 1 aromatic carbocycles. The molecule has 1 aromatic heterocycles. The maximum atomic E-state index is 14.3. The first-order valence-corrected chi connectivity index (χ1v) is 8.16. The van der Waals surface area contributed by atoms with E-state index in [1.807, 2.05) is 11.0 Å². The summed E-state index contributed by atoms with van der Waals surface area (Å²) >= 11 is 5.89. The highest BCUT2D eigenvalue weighted by molar-refractivity contribution is 6.32. The second kappa shape index (κ2) is 8.99. The summed E-state index contributed by atoms with van der Waals surface area (Å²) in [5.74, 6) is -0.609. The molecule has 25 heavy (non-hydrogen) atoms. The molecule has 8 heteroatoms. The molecule has 0 unspecified atom stereocenters. The summed E-state index contributed by atoms with van der Waals surface area (Å²) in [7, 11) is 0.